The Morgan fingerprint density at radius 2 is 1.94 bits per heavy atom. The highest BCUT2D eigenvalue weighted by Crippen LogP contribution is 2.07. The third-order valence-electron chi connectivity index (χ3n) is 2.23. The lowest BCUT2D eigenvalue weighted by atomic mass is 10.1. The average molecular weight is 240 g/mol. The summed E-state index contributed by atoms with van der Waals surface area (Å²) in [5.41, 5.74) is -0.468. The molecule has 2 N–H and O–H groups in total. The molecule has 4 heteroatoms. The quantitative estimate of drug-likeness (QED) is 0.570. The van der Waals surface area contributed by atoms with Gasteiger partial charge in [-0.3, -0.25) is 0 Å². The molecule has 0 aliphatic rings. The summed E-state index contributed by atoms with van der Waals surface area (Å²) in [6, 6.07) is 0.137. The maximum Gasteiger partial charge on any atom is 0.407 e. The van der Waals surface area contributed by atoms with Gasteiger partial charge in [-0.15, -0.1) is 12.3 Å². The molecule has 0 aliphatic heterocycles. The number of amides is 1. The fourth-order valence-corrected chi connectivity index (χ4v) is 1.17. The minimum Gasteiger partial charge on any atom is -0.444 e. The molecule has 98 valence electrons. The number of hydrogen-bond acceptors (Lipinski definition) is 3. The number of nitrogens with one attached hydrogen (secondary N) is 2. The fourth-order valence-electron chi connectivity index (χ4n) is 1.17. The van der Waals surface area contributed by atoms with Crippen molar-refractivity contribution in [2.75, 3.05) is 6.54 Å². The second kappa shape index (κ2) is 7.18. The Morgan fingerprint density at radius 3 is 2.41 bits per heavy atom. The van der Waals surface area contributed by atoms with E-state index < -0.39 is 11.7 Å². The smallest absolute Gasteiger partial charge is 0.407 e. The van der Waals surface area contributed by atoms with Crippen molar-refractivity contribution >= 4 is 6.09 Å². The van der Waals surface area contributed by atoms with E-state index in [0.29, 0.717) is 6.42 Å². The standard InChI is InChI=1S/C13H24N2O2/c1-7-8-9-14-10(2)11(3)15-12(16)17-13(4,5)6/h1,10-11,14H,8-9H2,2-6H3,(H,15,16). The van der Waals surface area contributed by atoms with Crippen LogP contribution < -0.4 is 10.6 Å². The molecule has 0 saturated heterocycles. The number of hydrogen-bond donors (Lipinski definition) is 2. The van der Waals surface area contributed by atoms with Gasteiger partial charge in [-0.05, 0) is 34.6 Å². The van der Waals surface area contributed by atoms with Crippen molar-refractivity contribution in [3.8, 4) is 12.3 Å². The summed E-state index contributed by atoms with van der Waals surface area (Å²) in [5.74, 6) is 2.56. The van der Waals surface area contributed by atoms with Crippen LogP contribution in [0.1, 0.15) is 41.0 Å². The minimum absolute atomic E-state index is 0.0115. The first kappa shape index (κ1) is 15.8. The largest absolute Gasteiger partial charge is 0.444 e. The Labute approximate surface area is 104 Å². The van der Waals surface area contributed by atoms with Crippen LogP contribution >= 0.6 is 0 Å². The number of terminal acetylenes is 1. The molecule has 0 saturated carbocycles. The van der Waals surface area contributed by atoms with Gasteiger partial charge in [0.25, 0.3) is 0 Å². The molecule has 0 radical (unpaired) electrons. The fraction of sp³-hybridized carbons (Fsp3) is 0.769. The van der Waals surface area contributed by atoms with E-state index in [1.807, 2.05) is 34.6 Å². The molecule has 0 fully saturated rings. The summed E-state index contributed by atoms with van der Waals surface area (Å²) in [5, 5.41) is 6.03. The highest BCUT2D eigenvalue weighted by Gasteiger charge is 2.19. The first-order chi connectivity index (χ1) is 7.76. The van der Waals surface area contributed by atoms with Crippen LogP contribution in [0.3, 0.4) is 0 Å². The van der Waals surface area contributed by atoms with E-state index in [0.717, 1.165) is 6.54 Å². The Kier molecular flexibility index (Phi) is 6.67. The van der Waals surface area contributed by atoms with Gasteiger partial charge < -0.3 is 15.4 Å². The molecule has 2 atom stereocenters. The summed E-state index contributed by atoms with van der Waals surface area (Å²) in [6.07, 6.45) is 5.45. The zero-order valence-corrected chi connectivity index (χ0v) is 11.5. The Bertz CT molecular complexity index is 276. The van der Waals surface area contributed by atoms with Crippen molar-refractivity contribution in [1.29, 1.82) is 0 Å². The predicted octanol–water partition coefficient (Wildman–Crippen LogP) is 1.90. The summed E-state index contributed by atoms with van der Waals surface area (Å²) >= 11 is 0. The molecule has 0 aromatic carbocycles. The first-order valence-electron chi connectivity index (χ1n) is 5.92. The number of rotatable bonds is 5. The summed E-state index contributed by atoms with van der Waals surface area (Å²) in [4.78, 5) is 11.5. The van der Waals surface area contributed by atoms with Crippen LogP contribution in [-0.4, -0.2) is 30.3 Å². The van der Waals surface area contributed by atoms with Gasteiger partial charge in [-0.25, -0.2) is 4.79 Å². The Hall–Kier alpha value is -1.21. The SMILES string of the molecule is C#CCCNC(C)C(C)NC(=O)OC(C)(C)C. The van der Waals surface area contributed by atoms with Crippen LogP contribution in [0.25, 0.3) is 0 Å². The van der Waals surface area contributed by atoms with Crippen LogP contribution in [0.15, 0.2) is 0 Å². The van der Waals surface area contributed by atoms with Gasteiger partial charge in [-0.1, -0.05) is 0 Å². The minimum atomic E-state index is -0.468. The van der Waals surface area contributed by atoms with Crippen molar-refractivity contribution in [3.63, 3.8) is 0 Å². The topological polar surface area (TPSA) is 50.4 Å². The number of carbonyl (C=O) groups excluding carboxylic acids is 1. The van der Waals surface area contributed by atoms with Crippen LogP contribution in [0, 0.1) is 12.3 Å². The lowest BCUT2D eigenvalue weighted by Gasteiger charge is -2.25. The third kappa shape index (κ3) is 8.58. The normalized spacial score (nSPS) is 14.6. The van der Waals surface area contributed by atoms with Crippen molar-refractivity contribution in [3.05, 3.63) is 0 Å². The van der Waals surface area contributed by atoms with Gasteiger partial charge in [0.15, 0.2) is 0 Å². The van der Waals surface area contributed by atoms with Gasteiger partial charge in [0, 0.05) is 25.0 Å². The molecule has 2 unspecified atom stereocenters. The zero-order valence-electron chi connectivity index (χ0n) is 11.5. The van der Waals surface area contributed by atoms with Crippen molar-refractivity contribution in [2.24, 2.45) is 0 Å². The van der Waals surface area contributed by atoms with Gasteiger partial charge >= 0.3 is 6.09 Å². The lowest BCUT2D eigenvalue weighted by Crippen LogP contribution is -2.48. The van der Waals surface area contributed by atoms with Crippen LogP contribution in [0.2, 0.25) is 0 Å². The molecule has 0 aromatic heterocycles. The van der Waals surface area contributed by atoms with Crippen molar-refractivity contribution in [2.45, 2.75) is 58.7 Å². The number of carbonyl (C=O) groups is 1. The first-order valence-corrected chi connectivity index (χ1v) is 5.92. The molecular formula is C13H24N2O2. The van der Waals surface area contributed by atoms with Gasteiger partial charge in [0.05, 0.1) is 0 Å². The number of ether oxygens (including phenoxy) is 1. The maximum atomic E-state index is 11.5. The van der Waals surface area contributed by atoms with Gasteiger partial charge in [-0.2, -0.15) is 0 Å². The second-order valence-corrected chi connectivity index (χ2v) is 5.13. The van der Waals surface area contributed by atoms with E-state index in [9.17, 15) is 4.79 Å². The molecule has 0 bridgehead atoms. The van der Waals surface area contributed by atoms with E-state index in [2.05, 4.69) is 16.6 Å². The van der Waals surface area contributed by atoms with Crippen LogP contribution in [0.5, 0.6) is 0 Å². The molecule has 0 rings (SSSR count). The highest BCUT2D eigenvalue weighted by atomic mass is 16.6. The average Bonchev–Trinajstić information content (AvgIpc) is 2.14. The molecule has 4 nitrogen and oxygen atoms in total. The molecule has 1 amide bonds. The molecule has 0 heterocycles. The monoisotopic (exact) mass is 240 g/mol. The van der Waals surface area contributed by atoms with E-state index in [1.165, 1.54) is 0 Å². The molecule has 0 spiro atoms. The predicted molar refractivity (Wildman–Crippen MR) is 69.7 cm³/mol. The Morgan fingerprint density at radius 1 is 1.35 bits per heavy atom. The molecule has 0 aromatic rings. The van der Waals surface area contributed by atoms with Gasteiger partial charge in [0.2, 0.25) is 0 Å². The summed E-state index contributed by atoms with van der Waals surface area (Å²) in [7, 11) is 0. The van der Waals surface area contributed by atoms with Crippen LogP contribution in [0.4, 0.5) is 4.79 Å². The molecule has 17 heavy (non-hydrogen) atoms. The van der Waals surface area contributed by atoms with E-state index in [1.54, 1.807) is 0 Å². The van der Waals surface area contributed by atoms with E-state index in [-0.39, 0.29) is 12.1 Å². The molecular weight excluding hydrogens is 216 g/mol. The lowest BCUT2D eigenvalue weighted by molar-refractivity contribution is 0.0499. The van der Waals surface area contributed by atoms with Crippen LogP contribution in [-0.2, 0) is 4.74 Å². The van der Waals surface area contributed by atoms with Crippen molar-refractivity contribution in [1.82, 2.24) is 10.6 Å². The summed E-state index contributed by atoms with van der Waals surface area (Å²) in [6.45, 7) is 10.2. The second-order valence-electron chi connectivity index (χ2n) is 5.13. The van der Waals surface area contributed by atoms with E-state index >= 15 is 0 Å². The highest BCUT2D eigenvalue weighted by molar-refractivity contribution is 5.68. The number of alkyl carbamates (subject to hydrolysis) is 1. The van der Waals surface area contributed by atoms with Gasteiger partial charge in [0.1, 0.15) is 5.60 Å². The maximum absolute atomic E-state index is 11.5. The summed E-state index contributed by atoms with van der Waals surface area (Å²) < 4.78 is 5.17. The van der Waals surface area contributed by atoms with E-state index in [4.69, 9.17) is 11.2 Å². The zero-order chi connectivity index (χ0) is 13.5. The third-order valence-corrected chi connectivity index (χ3v) is 2.23. The molecule has 0 aliphatic carbocycles. The van der Waals surface area contributed by atoms with Crippen molar-refractivity contribution < 1.29 is 9.53 Å². The Balaban J connectivity index is 3.95.